The minimum atomic E-state index is -0.342. The first kappa shape index (κ1) is 16.0. The number of hydrogen-bond donors (Lipinski definition) is 0. The molecule has 0 saturated carbocycles. The van der Waals surface area contributed by atoms with Gasteiger partial charge in [-0.1, -0.05) is 5.16 Å². The maximum absolute atomic E-state index is 12.5. The predicted molar refractivity (Wildman–Crippen MR) is 84.7 cm³/mol. The molecule has 0 bridgehead atoms. The average molecular weight is 330 g/mol. The van der Waals surface area contributed by atoms with Crippen LogP contribution in [0.5, 0.6) is 0 Å². The minimum absolute atomic E-state index is 0.124. The number of amides is 2. The van der Waals surface area contributed by atoms with Crippen molar-refractivity contribution in [1.29, 1.82) is 0 Å². The molecule has 0 N–H and O–H groups in total. The fraction of sp³-hybridized carbons (Fsp3) is 0.375. The summed E-state index contributed by atoms with van der Waals surface area (Å²) in [5.74, 6) is 0.00722. The van der Waals surface area contributed by atoms with Crippen LogP contribution in [0.15, 0.2) is 33.7 Å². The zero-order valence-corrected chi connectivity index (χ0v) is 13.7. The van der Waals surface area contributed by atoms with Crippen molar-refractivity contribution in [3.05, 3.63) is 51.8 Å². The van der Waals surface area contributed by atoms with Crippen LogP contribution in [0.3, 0.4) is 0 Å². The van der Waals surface area contributed by atoms with E-state index in [0.717, 1.165) is 0 Å². The summed E-state index contributed by atoms with van der Waals surface area (Å²) in [5, 5.41) is 3.70. The van der Waals surface area contributed by atoms with E-state index in [0.29, 0.717) is 18.8 Å². The highest BCUT2D eigenvalue weighted by molar-refractivity contribution is 5.95. The van der Waals surface area contributed by atoms with Crippen LogP contribution >= 0.6 is 0 Å². The molecule has 1 saturated heterocycles. The Morgan fingerprint density at radius 2 is 2.08 bits per heavy atom. The van der Waals surface area contributed by atoms with Crippen LogP contribution in [0, 0.1) is 6.92 Å². The van der Waals surface area contributed by atoms with Crippen LogP contribution in [0.25, 0.3) is 0 Å². The number of rotatable bonds is 3. The van der Waals surface area contributed by atoms with Gasteiger partial charge in [0.2, 0.25) is 0 Å². The maximum atomic E-state index is 12.5. The van der Waals surface area contributed by atoms with Crippen LogP contribution in [0.2, 0.25) is 0 Å². The smallest absolute Gasteiger partial charge is 0.276 e. The second-order valence-electron chi connectivity index (χ2n) is 5.94. The van der Waals surface area contributed by atoms with Gasteiger partial charge in [-0.25, -0.2) is 0 Å². The topological polar surface area (TPSA) is 88.7 Å². The van der Waals surface area contributed by atoms with Crippen molar-refractivity contribution in [3.8, 4) is 0 Å². The summed E-state index contributed by atoms with van der Waals surface area (Å²) >= 11 is 0. The molecule has 2 aromatic rings. The quantitative estimate of drug-likeness (QED) is 0.806. The van der Waals surface area contributed by atoms with Gasteiger partial charge in [0.25, 0.3) is 17.4 Å². The minimum Gasteiger partial charge on any atom is -0.361 e. The van der Waals surface area contributed by atoms with Crippen molar-refractivity contribution in [3.63, 3.8) is 0 Å². The Kier molecular flexibility index (Phi) is 3.96. The lowest BCUT2D eigenvalue weighted by atomic mass is 10.1. The van der Waals surface area contributed by atoms with E-state index < -0.39 is 0 Å². The first-order chi connectivity index (χ1) is 11.4. The first-order valence-corrected chi connectivity index (χ1v) is 7.54. The van der Waals surface area contributed by atoms with Crippen molar-refractivity contribution in [2.45, 2.75) is 13.0 Å². The Labute approximate surface area is 138 Å². The number of aryl methyl sites for hydroxylation is 2. The van der Waals surface area contributed by atoms with E-state index in [1.54, 1.807) is 44.2 Å². The first-order valence-electron chi connectivity index (χ1n) is 7.54. The summed E-state index contributed by atoms with van der Waals surface area (Å²) in [4.78, 5) is 39.8. The maximum Gasteiger partial charge on any atom is 0.276 e. The van der Waals surface area contributed by atoms with E-state index in [4.69, 9.17) is 4.52 Å². The Morgan fingerprint density at radius 3 is 2.71 bits per heavy atom. The van der Waals surface area contributed by atoms with Crippen molar-refractivity contribution < 1.29 is 14.1 Å². The molecule has 8 heteroatoms. The summed E-state index contributed by atoms with van der Waals surface area (Å²) in [7, 11) is 3.24. The van der Waals surface area contributed by atoms with Crippen LogP contribution < -0.4 is 5.56 Å². The van der Waals surface area contributed by atoms with Crippen molar-refractivity contribution in [2.75, 3.05) is 20.1 Å². The van der Waals surface area contributed by atoms with Gasteiger partial charge in [0.1, 0.15) is 11.3 Å². The molecule has 1 aliphatic rings. The molecule has 0 radical (unpaired) electrons. The third-order valence-corrected chi connectivity index (χ3v) is 4.22. The third-order valence-electron chi connectivity index (χ3n) is 4.22. The molecule has 0 aromatic carbocycles. The summed E-state index contributed by atoms with van der Waals surface area (Å²) in [6.45, 7) is 2.52. The molecule has 126 valence electrons. The molecule has 1 aliphatic heterocycles. The highest BCUT2D eigenvalue weighted by Gasteiger charge is 2.37. The Morgan fingerprint density at radius 1 is 1.38 bits per heavy atom. The fourth-order valence-electron chi connectivity index (χ4n) is 2.61. The van der Waals surface area contributed by atoms with E-state index in [1.807, 2.05) is 0 Å². The molecule has 1 fully saturated rings. The lowest BCUT2D eigenvalue weighted by Crippen LogP contribution is -2.61. The van der Waals surface area contributed by atoms with Crippen LogP contribution in [-0.2, 0) is 7.05 Å². The largest absolute Gasteiger partial charge is 0.361 e. The molecule has 24 heavy (non-hydrogen) atoms. The van der Waals surface area contributed by atoms with E-state index in [9.17, 15) is 14.4 Å². The summed E-state index contributed by atoms with van der Waals surface area (Å²) < 4.78 is 6.27. The molecular weight excluding hydrogens is 312 g/mol. The zero-order chi connectivity index (χ0) is 17.4. The third kappa shape index (κ3) is 2.70. The highest BCUT2D eigenvalue weighted by atomic mass is 16.5. The van der Waals surface area contributed by atoms with Crippen LogP contribution in [-0.4, -0.2) is 57.5 Å². The van der Waals surface area contributed by atoms with Gasteiger partial charge in [-0.05, 0) is 19.1 Å². The van der Waals surface area contributed by atoms with Gasteiger partial charge in [0, 0.05) is 39.4 Å². The van der Waals surface area contributed by atoms with E-state index in [2.05, 4.69) is 5.16 Å². The second-order valence-corrected chi connectivity index (χ2v) is 5.94. The van der Waals surface area contributed by atoms with Crippen molar-refractivity contribution in [1.82, 2.24) is 19.5 Å². The van der Waals surface area contributed by atoms with Gasteiger partial charge in [0.15, 0.2) is 5.69 Å². The van der Waals surface area contributed by atoms with Gasteiger partial charge >= 0.3 is 0 Å². The number of hydrogen-bond acceptors (Lipinski definition) is 5. The predicted octanol–water partition coefficient (Wildman–Crippen LogP) is 0.278. The number of carbonyl (C=O) groups excluding carboxylic acids is 2. The number of aromatic nitrogens is 2. The Hall–Kier alpha value is -2.90. The molecule has 0 spiro atoms. The highest BCUT2D eigenvalue weighted by Crippen LogP contribution is 2.18. The van der Waals surface area contributed by atoms with E-state index >= 15 is 0 Å². The van der Waals surface area contributed by atoms with Gasteiger partial charge in [-0.15, -0.1) is 0 Å². The number of likely N-dealkylation sites (tertiary alicyclic amines) is 1. The monoisotopic (exact) mass is 330 g/mol. The van der Waals surface area contributed by atoms with E-state index in [-0.39, 0.29) is 34.7 Å². The SMILES string of the molecule is Cc1cc(C(=O)N2CC(N(C)C(=O)c3cccn(C)c3=O)C2)no1. The number of carbonyl (C=O) groups is 2. The molecule has 3 heterocycles. The van der Waals surface area contributed by atoms with Gasteiger partial charge in [-0.2, -0.15) is 0 Å². The average Bonchev–Trinajstić information content (AvgIpc) is 2.94. The Bertz CT molecular complexity index is 848. The summed E-state index contributed by atoms with van der Waals surface area (Å²) in [6, 6.07) is 4.63. The lowest BCUT2D eigenvalue weighted by Gasteiger charge is -2.43. The van der Waals surface area contributed by atoms with Crippen LogP contribution in [0.1, 0.15) is 26.6 Å². The fourth-order valence-corrected chi connectivity index (χ4v) is 2.61. The number of nitrogens with zero attached hydrogens (tertiary/aromatic N) is 4. The van der Waals surface area contributed by atoms with Crippen molar-refractivity contribution in [2.24, 2.45) is 7.05 Å². The summed E-state index contributed by atoms with van der Waals surface area (Å²) in [6.07, 6.45) is 1.60. The van der Waals surface area contributed by atoms with Gasteiger partial charge in [-0.3, -0.25) is 14.4 Å². The summed E-state index contributed by atoms with van der Waals surface area (Å²) in [5.41, 5.74) is 0.0518. The van der Waals surface area contributed by atoms with Gasteiger partial charge in [0.05, 0.1) is 6.04 Å². The van der Waals surface area contributed by atoms with Crippen molar-refractivity contribution >= 4 is 11.8 Å². The van der Waals surface area contributed by atoms with Crippen LogP contribution in [0.4, 0.5) is 0 Å². The molecule has 8 nitrogen and oxygen atoms in total. The molecule has 0 atom stereocenters. The Balaban J connectivity index is 1.65. The molecule has 0 unspecified atom stereocenters. The van der Waals surface area contributed by atoms with Gasteiger partial charge < -0.3 is 18.9 Å². The lowest BCUT2D eigenvalue weighted by molar-refractivity contribution is 0.0289. The number of pyridine rings is 1. The number of likely N-dealkylation sites (N-methyl/N-ethyl adjacent to an activating group) is 1. The molecule has 3 rings (SSSR count). The van der Waals surface area contributed by atoms with E-state index in [1.165, 1.54) is 15.5 Å². The molecule has 0 aliphatic carbocycles. The second kappa shape index (κ2) is 5.95. The standard InChI is InChI=1S/C16H18N4O4/c1-10-7-13(17-24-10)16(23)20-8-11(9-20)19(3)15(22)12-5-4-6-18(2)14(12)21/h4-7,11H,8-9H2,1-3H3. The molecule has 2 amide bonds. The zero-order valence-electron chi connectivity index (χ0n) is 13.7. The molecule has 2 aromatic heterocycles. The normalized spacial score (nSPS) is 14.4. The molecular formula is C16H18N4O4.